The number of nitrogen functional groups attached to an aromatic ring is 1. The molecule has 0 aliphatic heterocycles. The monoisotopic (exact) mass is 231 g/mol. The van der Waals surface area contributed by atoms with Gasteiger partial charge in [-0.25, -0.2) is 15.0 Å². The molecule has 0 saturated carbocycles. The first kappa shape index (κ1) is 9.29. The van der Waals surface area contributed by atoms with Crippen LogP contribution >= 0.6 is 11.3 Å². The molecule has 3 aromatic heterocycles. The quantitative estimate of drug-likeness (QED) is 0.692. The summed E-state index contributed by atoms with van der Waals surface area (Å²) in [7, 11) is 0. The molecule has 0 radical (unpaired) electrons. The zero-order valence-electron chi connectivity index (χ0n) is 8.58. The molecule has 0 saturated heterocycles. The van der Waals surface area contributed by atoms with Crippen LogP contribution in [0.5, 0.6) is 0 Å². The van der Waals surface area contributed by atoms with Gasteiger partial charge in [0.25, 0.3) is 0 Å². The van der Waals surface area contributed by atoms with Crippen molar-refractivity contribution in [3.63, 3.8) is 0 Å². The summed E-state index contributed by atoms with van der Waals surface area (Å²) < 4.78 is 1.77. The molecule has 3 aromatic rings. The lowest BCUT2D eigenvalue weighted by molar-refractivity contribution is 1.12. The van der Waals surface area contributed by atoms with E-state index < -0.39 is 0 Å². The molecule has 0 aliphatic carbocycles. The maximum atomic E-state index is 5.78. The van der Waals surface area contributed by atoms with Crippen LogP contribution in [0.15, 0.2) is 24.1 Å². The standard InChI is InChI=1S/C10H9N5S/c1-6-9(16-5-14-6)7-2-12-10-13-3-8(11)15(10)4-7/h2-5H,11H2,1H3. The predicted molar refractivity (Wildman–Crippen MR) is 63.2 cm³/mol. The molecule has 0 amide bonds. The Labute approximate surface area is 95.6 Å². The molecule has 0 aliphatic rings. The Hall–Kier alpha value is -1.95. The molecule has 3 heterocycles. The van der Waals surface area contributed by atoms with Crippen LogP contribution in [0.1, 0.15) is 5.69 Å². The Bertz CT molecular complexity index is 654. The van der Waals surface area contributed by atoms with E-state index in [0.29, 0.717) is 11.6 Å². The third kappa shape index (κ3) is 1.27. The zero-order chi connectivity index (χ0) is 11.1. The fourth-order valence-corrected chi connectivity index (χ4v) is 2.37. The van der Waals surface area contributed by atoms with E-state index in [9.17, 15) is 0 Å². The number of nitrogens with two attached hydrogens (primary N) is 1. The maximum Gasteiger partial charge on any atom is 0.235 e. The highest BCUT2D eigenvalue weighted by atomic mass is 32.1. The minimum Gasteiger partial charge on any atom is -0.383 e. The molecule has 0 unspecified atom stereocenters. The molecule has 0 bridgehead atoms. The highest BCUT2D eigenvalue weighted by molar-refractivity contribution is 7.13. The largest absolute Gasteiger partial charge is 0.383 e. The summed E-state index contributed by atoms with van der Waals surface area (Å²) in [5.74, 6) is 1.20. The van der Waals surface area contributed by atoms with E-state index >= 15 is 0 Å². The molecule has 6 heteroatoms. The van der Waals surface area contributed by atoms with Crippen LogP contribution in [0.2, 0.25) is 0 Å². The van der Waals surface area contributed by atoms with Crippen molar-refractivity contribution in [3.05, 3.63) is 29.8 Å². The van der Waals surface area contributed by atoms with Crippen LogP contribution in [0, 0.1) is 6.92 Å². The second-order valence-electron chi connectivity index (χ2n) is 3.46. The number of rotatable bonds is 1. The highest BCUT2D eigenvalue weighted by Gasteiger charge is 2.08. The van der Waals surface area contributed by atoms with E-state index in [1.807, 2.05) is 18.6 Å². The van der Waals surface area contributed by atoms with Gasteiger partial charge in [-0.2, -0.15) is 0 Å². The summed E-state index contributed by atoms with van der Waals surface area (Å²) in [6.07, 6.45) is 5.33. The number of aromatic nitrogens is 4. The van der Waals surface area contributed by atoms with Gasteiger partial charge in [-0.1, -0.05) is 0 Å². The van der Waals surface area contributed by atoms with Crippen LogP contribution in [0.3, 0.4) is 0 Å². The average molecular weight is 231 g/mol. The molecule has 0 fully saturated rings. The summed E-state index contributed by atoms with van der Waals surface area (Å²) in [6.45, 7) is 1.98. The molecule has 0 spiro atoms. The summed E-state index contributed by atoms with van der Waals surface area (Å²) in [6, 6.07) is 0. The Morgan fingerprint density at radius 1 is 1.25 bits per heavy atom. The lowest BCUT2D eigenvalue weighted by atomic mass is 10.2. The normalized spacial score (nSPS) is 11.1. The number of hydrogen-bond donors (Lipinski definition) is 1. The molecule has 16 heavy (non-hydrogen) atoms. The summed E-state index contributed by atoms with van der Waals surface area (Å²) in [5, 5.41) is 0. The number of hydrogen-bond acceptors (Lipinski definition) is 5. The number of aryl methyl sites for hydroxylation is 1. The first-order valence-corrected chi connectivity index (χ1v) is 5.63. The van der Waals surface area contributed by atoms with Crippen molar-refractivity contribution in [1.82, 2.24) is 19.4 Å². The van der Waals surface area contributed by atoms with Gasteiger partial charge in [0.2, 0.25) is 5.78 Å². The van der Waals surface area contributed by atoms with Gasteiger partial charge in [0.1, 0.15) is 5.82 Å². The van der Waals surface area contributed by atoms with E-state index in [-0.39, 0.29) is 0 Å². The molecular weight excluding hydrogens is 222 g/mol. The molecule has 80 valence electrons. The van der Waals surface area contributed by atoms with Crippen molar-refractivity contribution in [1.29, 1.82) is 0 Å². The second kappa shape index (κ2) is 3.28. The lowest BCUT2D eigenvalue weighted by Crippen LogP contribution is -1.95. The molecule has 2 N–H and O–H groups in total. The minimum absolute atomic E-state index is 0.589. The smallest absolute Gasteiger partial charge is 0.235 e. The van der Waals surface area contributed by atoms with Gasteiger partial charge in [0, 0.05) is 18.0 Å². The fourth-order valence-electron chi connectivity index (χ4n) is 1.59. The van der Waals surface area contributed by atoms with Crippen LogP contribution in [0.4, 0.5) is 5.82 Å². The first-order valence-electron chi connectivity index (χ1n) is 4.75. The van der Waals surface area contributed by atoms with Gasteiger partial charge in [0.05, 0.1) is 22.3 Å². The SMILES string of the molecule is Cc1ncsc1-c1cnc2ncc(N)n2c1. The summed E-state index contributed by atoms with van der Waals surface area (Å²) in [5.41, 5.74) is 9.63. The third-order valence-electron chi connectivity index (χ3n) is 2.40. The highest BCUT2D eigenvalue weighted by Crippen LogP contribution is 2.26. The number of fused-ring (bicyclic) bond motifs is 1. The van der Waals surface area contributed by atoms with Gasteiger partial charge >= 0.3 is 0 Å². The Kier molecular flexibility index (Phi) is 1.90. The number of thiazole rings is 1. The molecular formula is C10H9N5S. The maximum absolute atomic E-state index is 5.78. The number of nitrogens with zero attached hydrogens (tertiary/aromatic N) is 4. The van der Waals surface area contributed by atoms with Crippen LogP contribution < -0.4 is 5.73 Å². The Morgan fingerprint density at radius 3 is 2.81 bits per heavy atom. The van der Waals surface area contributed by atoms with Crippen LogP contribution in [-0.2, 0) is 0 Å². The van der Waals surface area contributed by atoms with Crippen molar-refractivity contribution < 1.29 is 0 Å². The van der Waals surface area contributed by atoms with Crippen molar-refractivity contribution >= 4 is 22.9 Å². The lowest BCUT2D eigenvalue weighted by Gasteiger charge is -2.00. The van der Waals surface area contributed by atoms with E-state index in [4.69, 9.17) is 5.73 Å². The van der Waals surface area contributed by atoms with Crippen molar-refractivity contribution in [2.24, 2.45) is 0 Å². The summed E-state index contributed by atoms with van der Waals surface area (Å²) in [4.78, 5) is 13.7. The van der Waals surface area contributed by atoms with Crippen molar-refractivity contribution in [3.8, 4) is 10.4 Å². The minimum atomic E-state index is 0.589. The first-order chi connectivity index (χ1) is 7.75. The molecule has 0 aromatic carbocycles. The molecule has 0 atom stereocenters. The Morgan fingerprint density at radius 2 is 2.06 bits per heavy atom. The van der Waals surface area contributed by atoms with Gasteiger partial charge < -0.3 is 5.73 Å². The van der Waals surface area contributed by atoms with E-state index in [1.54, 1.807) is 28.1 Å². The summed E-state index contributed by atoms with van der Waals surface area (Å²) >= 11 is 1.59. The van der Waals surface area contributed by atoms with Gasteiger partial charge in [-0.15, -0.1) is 11.3 Å². The third-order valence-corrected chi connectivity index (χ3v) is 3.38. The van der Waals surface area contributed by atoms with Gasteiger partial charge in [0.15, 0.2) is 0 Å². The van der Waals surface area contributed by atoms with Crippen LogP contribution in [-0.4, -0.2) is 19.4 Å². The second-order valence-corrected chi connectivity index (χ2v) is 4.32. The average Bonchev–Trinajstić information content (AvgIpc) is 2.86. The number of imidazole rings is 1. The van der Waals surface area contributed by atoms with E-state index in [1.165, 1.54) is 0 Å². The van der Waals surface area contributed by atoms with E-state index in [0.717, 1.165) is 16.1 Å². The van der Waals surface area contributed by atoms with Gasteiger partial charge in [-0.05, 0) is 6.92 Å². The zero-order valence-corrected chi connectivity index (χ0v) is 9.40. The fraction of sp³-hybridized carbons (Fsp3) is 0.100. The van der Waals surface area contributed by atoms with Crippen molar-refractivity contribution in [2.45, 2.75) is 6.92 Å². The van der Waals surface area contributed by atoms with Crippen LogP contribution in [0.25, 0.3) is 16.2 Å². The topological polar surface area (TPSA) is 69.1 Å². The van der Waals surface area contributed by atoms with Gasteiger partial charge in [-0.3, -0.25) is 4.40 Å². The van der Waals surface area contributed by atoms with Crippen molar-refractivity contribution in [2.75, 3.05) is 5.73 Å². The molecule has 5 nitrogen and oxygen atoms in total. The van der Waals surface area contributed by atoms with E-state index in [2.05, 4.69) is 15.0 Å². The molecule has 3 rings (SSSR count). The predicted octanol–water partition coefficient (Wildman–Crippen LogP) is 1.74. The Balaban J connectivity index is 2.25. The number of anilines is 1.